The first kappa shape index (κ1) is 23.1. The van der Waals surface area contributed by atoms with Gasteiger partial charge in [-0.15, -0.1) is 0 Å². The van der Waals surface area contributed by atoms with Crippen LogP contribution in [0.1, 0.15) is 0 Å². The Hall–Kier alpha value is -3.20. The number of rotatable bonds is 6. The van der Waals surface area contributed by atoms with Gasteiger partial charge in [-0.2, -0.15) is 16.8 Å². The molecule has 0 unspecified atom stereocenters. The zero-order valence-corrected chi connectivity index (χ0v) is 16.9. The maximum absolute atomic E-state index is 12.0. The Morgan fingerprint density at radius 3 is 1.93 bits per heavy atom. The van der Waals surface area contributed by atoms with Gasteiger partial charge in [-0.05, 0) is 23.6 Å². The summed E-state index contributed by atoms with van der Waals surface area (Å²) in [5, 5.41) is 12.2. The van der Waals surface area contributed by atoms with Crippen LogP contribution in [-0.4, -0.2) is 57.2 Å². The van der Waals surface area contributed by atoms with Gasteiger partial charge < -0.3 is 19.9 Å². The summed E-state index contributed by atoms with van der Waals surface area (Å²) in [6.45, 7) is 0. The molecule has 162 valence electrons. The molecular formula is C16H15NO11S2. The molecule has 0 atom stereocenters. The molecule has 0 spiro atoms. The second-order valence-electron chi connectivity index (χ2n) is 5.66. The number of esters is 2. The number of fused-ring (bicyclic) bond motifs is 1. The van der Waals surface area contributed by atoms with Gasteiger partial charge in [-0.3, -0.25) is 9.11 Å². The van der Waals surface area contributed by atoms with Crippen LogP contribution in [0.3, 0.4) is 0 Å². The number of carbonyl (C=O) groups excluding carboxylic acids is 2. The Morgan fingerprint density at radius 1 is 0.933 bits per heavy atom. The van der Waals surface area contributed by atoms with Gasteiger partial charge in [-0.25, -0.2) is 9.59 Å². The molecule has 0 fully saturated rings. The zero-order chi connectivity index (χ0) is 22.9. The van der Waals surface area contributed by atoms with Gasteiger partial charge in [0.15, 0.2) is 0 Å². The Bertz CT molecular complexity index is 1270. The Balaban J connectivity index is 2.87. The third-order valence-corrected chi connectivity index (χ3v) is 5.37. The van der Waals surface area contributed by atoms with Crippen LogP contribution in [0.25, 0.3) is 10.8 Å². The number of benzene rings is 2. The van der Waals surface area contributed by atoms with Crippen LogP contribution in [0.4, 0.5) is 5.69 Å². The van der Waals surface area contributed by atoms with Crippen molar-refractivity contribution in [2.75, 3.05) is 19.5 Å². The van der Waals surface area contributed by atoms with Gasteiger partial charge in [-0.1, -0.05) is 0 Å². The zero-order valence-electron chi connectivity index (χ0n) is 15.3. The lowest BCUT2D eigenvalue weighted by Crippen LogP contribution is -2.16. The van der Waals surface area contributed by atoms with Gasteiger partial charge in [0.1, 0.15) is 11.4 Å². The average Bonchev–Trinajstić information content (AvgIpc) is 2.64. The predicted octanol–water partition coefficient (Wildman–Crippen LogP) is 0.681. The fourth-order valence-corrected chi connectivity index (χ4v) is 3.49. The standard InChI is InChI=1S/C16H15NO11S2/c1-27-14(19)7-12(16(20)28-2)17-11-5-9(29(21,22)23)3-8-4-10(30(24,25)26)6-13(18)15(8)11/h3-7,17-18H,1-2H3,(H,21,22,23)(H,24,25,26)/b12-7+. The Morgan fingerprint density at radius 2 is 1.47 bits per heavy atom. The molecule has 0 aromatic heterocycles. The van der Waals surface area contributed by atoms with Crippen LogP contribution in [0.15, 0.2) is 45.8 Å². The molecule has 14 heteroatoms. The van der Waals surface area contributed by atoms with Crippen molar-refractivity contribution in [3.8, 4) is 5.75 Å². The van der Waals surface area contributed by atoms with Crippen molar-refractivity contribution in [1.82, 2.24) is 0 Å². The molecule has 2 aromatic carbocycles. The van der Waals surface area contributed by atoms with Crippen molar-refractivity contribution >= 4 is 48.6 Å². The van der Waals surface area contributed by atoms with E-state index in [1.165, 1.54) is 0 Å². The molecule has 0 bridgehead atoms. The van der Waals surface area contributed by atoms with E-state index in [0.29, 0.717) is 12.1 Å². The van der Waals surface area contributed by atoms with Gasteiger partial charge >= 0.3 is 11.9 Å². The topological polar surface area (TPSA) is 194 Å². The summed E-state index contributed by atoms with van der Waals surface area (Å²) >= 11 is 0. The molecule has 0 saturated carbocycles. The summed E-state index contributed by atoms with van der Waals surface area (Å²) in [6.07, 6.45) is 0.682. The van der Waals surface area contributed by atoms with Crippen molar-refractivity contribution < 1.29 is 50.1 Å². The minimum Gasteiger partial charge on any atom is -0.507 e. The molecular weight excluding hydrogens is 446 g/mol. The highest BCUT2D eigenvalue weighted by Crippen LogP contribution is 2.37. The van der Waals surface area contributed by atoms with Crippen molar-refractivity contribution in [3.05, 3.63) is 36.0 Å². The van der Waals surface area contributed by atoms with E-state index in [2.05, 4.69) is 14.8 Å². The smallest absolute Gasteiger partial charge is 0.354 e. The van der Waals surface area contributed by atoms with Crippen molar-refractivity contribution in [2.24, 2.45) is 0 Å². The number of phenolic OH excluding ortho intramolecular Hbond substituents is 1. The van der Waals surface area contributed by atoms with Gasteiger partial charge in [0, 0.05) is 11.5 Å². The minimum atomic E-state index is -4.83. The maximum Gasteiger partial charge on any atom is 0.354 e. The number of methoxy groups -OCH3 is 2. The number of carbonyl (C=O) groups is 2. The Labute approximate surface area is 170 Å². The van der Waals surface area contributed by atoms with E-state index in [1.54, 1.807) is 0 Å². The van der Waals surface area contributed by atoms with Crippen LogP contribution in [0.2, 0.25) is 0 Å². The number of nitrogens with one attached hydrogen (secondary N) is 1. The van der Waals surface area contributed by atoms with Crippen LogP contribution in [-0.2, 0) is 39.3 Å². The van der Waals surface area contributed by atoms with Crippen molar-refractivity contribution in [1.29, 1.82) is 0 Å². The lowest BCUT2D eigenvalue weighted by atomic mass is 10.1. The van der Waals surface area contributed by atoms with Crippen molar-refractivity contribution in [3.63, 3.8) is 0 Å². The van der Waals surface area contributed by atoms with E-state index in [-0.39, 0.29) is 16.5 Å². The first-order valence-electron chi connectivity index (χ1n) is 7.68. The first-order valence-corrected chi connectivity index (χ1v) is 10.6. The molecule has 12 nitrogen and oxygen atoms in total. The summed E-state index contributed by atoms with van der Waals surface area (Å²) in [5.74, 6) is -2.78. The van der Waals surface area contributed by atoms with E-state index >= 15 is 0 Å². The lowest BCUT2D eigenvalue weighted by molar-refractivity contribution is -0.138. The highest BCUT2D eigenvalue weighted by Gasteiger charge is 2.22. The molecule has 0 heterocycles. The largest absolute Gasteiger partial charge is 0.507 e. The normalized spacial score (nSPS) is 12.5. The highest BCUT2D eigenvalue weighted by atomic mass is 32.2. The number of ether oxygens (including phenoxy) is 2. The van der Waals surface area contributed by atoms with E-state index < -0.39 is 53.4 Å². The van der Waals surface area contributed by atoms with Crippen LogP contribution >= 0.6 is 0 Å². The lowest BCUT2D eigenvalue weighted by Gasteiger charge is -2.15. The number of hydrogen-bond acceptors (Lipinski definition) is 10. The van der Waals surface area contributed by atoms with Crippen LogP contribution < -0.4 is 5.32 Å². The monoisotopic (exact) mass is 461 g/mol. The second-order valence-corrected chi connectivity index (χ2v) is 8.50. The molecule has 30 heavy (non-hydrogen) atoms. The minimum absolute atomic E-state index is 0.200. The fraction of sp³-hybridized carbons (Fsp3) is 0.125. The summed E-state index contributed by atoms with van der Waals surface area (Å²) in [5.41, 5.74) is -0.851. The molecule has 2 rings (SSSR count). The van der Waals surface area contributed by atoms with Crippen molar-refractivity contribution in [2.45, 2.75) is 9.79 Å². The molecule has 4 N–H and O–H groups in total. The number of hydrogen-bond donors (Lipinski definition) is 4. The quantitative estimate of drug-likeness (QED) is 0.267. The molecule has 0 aliphatic carbocycles. The highest BCUT2D eigenvalue weighted by molar-refractivity contribution is 7.86. The van der Waals surface area contributed by atoms with Gasteiger partial charge in [0.25, 0.3) is 20.2 Å². The SMILES string of the molecule is COC(=O)/C=C(/Nc1cc(S(=O)(=O)O)cc2cc(S(=O)(=O)O)cc(O)c12)C(=O)OC. The molecule has 0 aliphatic heterocycles. The third kappa shape index (κ3) is 5.04. The summed E-state index contributed by atoms with van der Waals surface area (Å²) in [6, 6.07) is 3.15. The number of phenols is 1. The predicted molar refractivity (Wildman–Crippen MR) is 101 cm³/mol. The fourth-order valence-electron chi connectivity index (χ4n) is 2.41. The summed E-state index contributed by atoms with van der Waals surface area (Å²) in [4.78, 5) is 22.0. The summed E-state index contributed by atoms with van der Waals surface area (Å²) in [7, 11) is -7.57. The van der Waals surface area contributed by atoms with Crippen LogP contribution in [0.5, 0.6) is 5.75 Å². The number of aromatic hydroxyl groups is 1. The molecule has 0 radical (unpaired) electrons. The Kier molecular flexibility index (Phi) is 6.36. The van der Waals surface area contributed by atoms with E-state index in [9.17, 15) is 40.6 Å². The average molecular weight is 461 g/mol. The second kappa shape index (κ2) is 8.27. The third-order valence-electron chi connectivity index (χ3n) is 3.71. The molecule has 0 aliphatic rings. The molecule has 0 amide bonds. The summed E-state index contributed by atoms with van der Waals surface area (Å²) < 4.78 is 73.5. The number of anilines is 1. The first-order chi connectivity index (χ1) is 13.8. The van der Waals surface area contributed by atoms with E-state index in [4.69, 9.17) is 0 Å². The van der Waals surface area contributed by atoms with E-state index in [0.717, 1.165) is 32.4 Å². The molecule has 0 saturated heterocycles. The van der Waals surface area contributed by atoms with Crippen LogP contribution in [0, 0.1) is 0 Å². The van der Waals surface area contributed by atoms with E-state index in [1.807, 2.05) is 0 Å². The van der Waals surface area contributed by atoms with Gasteiger partial charge in [0.05, 0.1) is 35.8 Å². The maximum atomic E-state index is 12.0. The molecule has 2 aromatic rings. The van der Waals surface area contributed by atoms with Gasteiger partial charge in [0.2, 0.25) is 0 Å².